The molecule has 0 spiro atoms. The first-order chi connectivity index (χ1) is 11.3. The largest absolute Gasteiger partial charge is 0.455 e. The van der Waals surface area contributed by atoms with Gasteiger partial charge < -0.3 is 0 Å². The van der Waals surface area contributed by atoms with E-state index in [1.165, 1.54) is 48.5 Å². The summed E-state index contributed by atoms with van der Waals surface area (Å²) in [5.74, 6) is -4.18. The molecule has 0 aromatic heterocycles. The van der Waals surface area contributed by atoms with Crippen molar-refractivity contribution in [3.05, 3.63) is 76.9 Å². The Hall–Kier alpha value is -3.02. The van der Waals surface area contributed by atoms with Crippen molar-refractivity contribution in [3.8, 4) is 0 Å². The first kappa shape index (κ1) is 15.9. The molecule has 0 heterocycles. The zero-order valence-electron chi connectivity index (χ0n) is 12.1. The highest BCUT2D eigenvalue weighted by atomic mass is 19.4. The minimum Gasteiger partial charge on any atom is -0.289 e. The predicted octanol–water partition coefficient (Wildman–Crippen LogP) is 3.65. The van der Waals surface area contributed by atoms with Gasteiger partial charge in [0.1, 0.15) is 0 Å². The van der Waals surface area contributed by atoms with E-state index in [1.54, 1.807) is 6.07 Å². The van der Waals surface area contributed by atoms with Crippen LogP contribution in [-0.2, 0) is 4.79 Å². The Morgan fingerprint density at radius 2 is 1.25 bits per heavy atom. The normalized spacial score (nSPS) is 14.6. The van der Waals surface area contributed by atoms with E-state index < -0.39 is 34.7 Å². The number of halogens is 3. The summed E-state index contributed by atoms with van der Waals surface area (Å²) in [7, 11) is 0. The molecule has 0 saturated carbocycles. The van der Waals surface area contributed by atoms with Crippen molar-refractivity contribution in [3.63, 3.8) is 0 Å². The van der Waals surface area contributed by atoms with Crippen LogP contribution >= 0.6 is 0 Å². The molecule has 0 N–H and O–H groups in total. The van der Waals surface area contributed by atoms with E-state index in [9.17, 15) is 27.6 Å². The number of fused-ring (bicyclic) bond motifs is 1. The SMILES string of the molecule is O=C1C(C(=O)C(F)(F)F)=C(c2ccccc2)C(=O)c2ccccc21. The lowest BCUT2D eigenvalue weighted by molar-refractivity contribution is -0.166. The van der Waals surface area contributed by atoms with E-state index >= 15 is 0 Å². The third kappa shape index (κ3) is 2.46. The lowest BCUT2D eigenvalue weighted by Gasteiger charge is -2.21. The van der Waals surface area contributed by atoms with Crippen molar-refractivity contribution in [2.24, 2.45) is 0 Å². The van der Waals surface area contributed by atoms with Gasteiger partial charge in [-0.3, -0.25) is 14.4 Å². The van der Waals surface area contributed by atoms with E-state index in [0.29, 0.717) is 0 Å². The highest BCUT2D eigenvalue weighted by Gasteiger charge is 2.47. The minimum absolute atomic E-state index is 0.0138. The Kier molecular flexibility index (Phi) is 3.67. The molecule has 0 unspecified atom stereocenters. The summed E-state index contributed by atoms with van der Waals surface area (Å²) in [5.41, 5.74) is -1.76. The number of ketones is 3. The number of carbonyl (C=O) groups excluding carboxylic acids is 3. The van der Waals surface area contributed by atoms with Gasteiger partial charge in [0.15, 0.2) is 11.6 Å². The Labute approximate surface area is 134 Å². The van der Waals surface area contributed by atoms with Gasteiger partial charge in [0.05, 0.1) is 5.57 Å². The highest BCUT2D eigenvalue weighted by molar-refractivity contribution is 6.47. The van der Waals surface area contributed by atoms with Crippen LogP contribution in [0.5, 0.6) is 0 Å². The van der Waals surface area contributed by atoms with Crippen molar-refractivity contribution in [1.29, 1.82) is 0 Å². The number of rotatable bonds is 2. The van der Waals surface area contributed by atoms with E-state index in [0.717, 1.165) is 0 Å². The number of allylic oxidation sites excluding steroid dienone is 2. The zero-order chi connectivity index (χ0) is 17.5. The van der Waals surface area contributed by atoms with Gasteiger partial charge in [-0.1, -0.05) is 54.6 Å². The second-order valence-electron chi connectivity index (χ2n) is 5.15. The van der Waals surface area contributed by atoms with Gasteiger partial charge >= 0.3 is 6.18 Å². The number of alkyl halides is 3. The van der Waals surface area contributed by atoms with Gasteiger partial charge in [0, 0.05) is 16.7 Å². The Balaban J connectivity index is 2.34. The third-order valence-corrected chi connectivity index (χ3v) is 3.67. The van der Waals surface area contributed by atoms with Crippen LogP contribution in [0.4, 0.5) is 13.2 Å². The summed E-state index contributed by atoms with van der Waals surface area (Å²) in [6, 6.07) is 12.9. The molecule has 0 saturated heterocycles. The molecule has 3 nitrogen and oxygen atoms in total. The lowest BCUT2D eigenvalue weighted by Crippen LogP contribution is -2.33. The van der Waals surface area contributed by atoms with Crippen molar-refractivity contribution in [2.45, 2.75) is 6.18 Å². The van der Waals surface area contributed by atoms with Crippen molar-refractivity contribution in [2.75, 3.05) is 0 Å². The third-order valence-electron chi connectivity index (χ3n) is 3.67. The quantitative estimate of drug-likeness (QED) is 0.790. The Bertz CT molecular complexity index is 893. The second-order valence-corrected chi connectivity index (χ2v) is 5.15. The minimum atomic E-state index is -5.25. The molecule has 0 fully saturated rings. The van der Waals surface area contributed by atoms with Crippen LogP contribution in [0.25, 0.3) is 5.57 Å². The summed E-state index contributed by atoms with van der Waals surface area (Å²) < 4.78 is 38.9. The van der Waals surface area contributed by atoms with Crippen LogP contribution in [0.15, 0.2) is 60.2 Å². The van der Waals surface area contributed by atoms with E-state index in [2.05, 4.69) is 0 Å². The molecule has 1 aliphatic carbocycles. The van der Waals surface area contributed by atoms with Crippen LogP contribution in [0.3, 0.4) is 0 Å². The molecule has 120 valence electrons. The van der Waals surface area contributed by atoms with E-state index in [-0.39, 0.29) is 16.7 Å². The summed E-state index contributed by atoms with van der Waals surface area (Å²) >= 11 is 0. The highest BCUT2D eigenvalue weighted by Crippen LogP contribution is 2.36. The second kappa shape index (κ2) is 5.56. The summed E-state index contributed by atoms with van der Waals surface area (Å²) in [5, 5.41) is 0. The molecule has 3 rings (SSSR count). The summed E-state index contributed by atoms with van der Waals surface area (Å²) in [6.07, 6.45) is -5.25. The maximum atomic E-state index is 13.0. The zero-order valence-corrected chi connectivity index (χ0v) is 12.1. The molecular formula is C18H9F3O3. The Morgan fingerprint density at radius 3 is 1.79 bits per heavy atom. The molecule has 1 aliphatic rings. The van der Waals surface area contributed by atoms with Crippen LogP contribution in [0, 0.1) is 0 Å². The fraction of sp³-hybridized carbons (Fsp3) is 0.0556. The van der Waals surface area contributed by atoms with Crippen LogP contribution in [0.2, 0.25) is 0 Å². The van der Waals surface area contributed by atoms with Gasteiger partial charge in [-0.15, -0.1) is 0 Å². The van der Waals surface area contributed by atoms with Gasteiger partial charge in [0.25, 0.3) is 5.78 Å². The molecule has 0 aliphatic heterocycles. The molecule has 0 bridgehead atoms. The fourth-order valence-corrected chi connectivity index (χ4v) is 2.61. The predicted molar refractivity (Wildman–Crippen MR) is 79.5 cm³/mol. The number of carbonyl (C=O) groups is 3. The first-order valence-corrected chi connectivity index (χ1v) is 6.92. The molecule has 0 radical (unpaired) electrons. The van der Waals surface area contributed by atoms with E-state index in [1.807, 2.05) is 0 Å². The maximum Gasteiger partial charge on any atom is 0.455 e. The average Bonchev–Trinajstić information content (AvgIpc) is 2.57. The number of hydrogen-bond acceptors (Lipinski definition) is 3. The number of hydrogen-bond donors (Lipinski definition) is 0. The molecular weight excluding hydrogens is 321 g/mol. The van der Waals surface area contributed by atoms with Crippen LogP contribution < -0.4 is 0 Å². The topological polar surface area (TPSA) is 51.2 Å². The first-order valence-electron chi connectivity index (χ1n) is 6.92. The van der Waals surface area contributed by atoms with Gasteiger partial charge in [-0.25, -0.2) is 0 Å². The molecule has 0 amide bonds. The standard InChI is InChI=1S/C18H9F3O3/c19-18(20,21)17(24)14-13(10-6-2-1-3-7-10)15(22)11-8-4-5-9-12(11)16(14)23/h1-9H. The Morgan fingerprint density at radius 1 is 0.750 bits per heavy atom. The average molecular weight is 330 g/mol. The summed E-state index contributed by atoms with van der Waals surface area (Å²) in [4.78, 5) is 37.0. The molecule has 2 aromatic rings. The van der Waals surface area contributed by atoms with Crippen molar-refractivity contribution < 1.29 is 27.6 Å². The fourth-order valence-electron chi connectivity index (χ4n) is 2.61. The smallest absolute Gasteiger partial charge is 0.289 e. The number of Topliss-reactive ketones (excluding diaryl/α,β-unsaturated/α-hetero) is 3. The van der Waals surface area contributed by atoms with Gasteiger partial charge in [-0.05, 0) is 5.56 Å². The monoisotopic (exact) mass is 330 g/mol. The maximum absolute atomic E-state index is 13.0. The summed E-state index contributed by atoms with van der Waals surface area (Å²) in [6.45, 7) is 0. The number of benzene rings is 2. The molecule has 24 heavy (non-hydrogen) atoms. The van der Waals surface area contributed by atoms with Gasteiger partial charge in [0.2, 0.25) is 0 Å². The van der Waals surface area contributed by atoms with Gasteiger partial charge in [-0.2, -0.15) is 13.2 Å². The lowest BCUT2D eigenvalue weighted by atomic mass is 9.79. The molecule has 2 aromatic carbocycles. The van der Waals surface area contributed by atoms with Crippen LogP contribution in [-0.4, -0.2) is 23.5 Å². The molecule has 6 heteroatoms. The van der Waals surface area contributed by atoms with Crippen LogP contribution in [0.1, 0.15) is 26.3 Å². The van der Waals surface area contributed by atoms with Crippen molar-refractivity contribution in [1.82, 2.24) is 0 Å². The van der Waals surface area contributed by atoms with E-state index in [4.69, 9.17) is 0 Å². The van der Waals surface area contributed by atoms with Crippen molar-refractivity contribution >= 4 is 22.9 Å². The molecule has 0 atom stereocenters.